The lowest BCUT2D eigenvalue weighted by Crippen LogP contribution is -1.89. The van der Waals surface area contributed by atoms with E-state index in [-0.39, 0.29) is 6.61 Å². The van der Waals surface area contributed by atoms with E-state index < -0.39 is 23.3 Å². The minimum atomic E-state index is -2.72. The zero-order valence-electron chi connectivity index (χ0n) is 6.08. The minimum absolute atomic E-state index is 0.0838. The lowest BCUT2D eigenvalue weighted by Gasteiger charge is -1.81. The van der Waals surface area contributed by atoms with Crippen molar-refractivity contribution < 1.29 is 27.6 Å². The third kappa shape index (κ3) is 7.88. The smallest absolute Gasteiger partial charge is 0.133 e. The fraction of sp³-hybridized carbons (Fsp3) is 0.500. The Labute approximate surface area is 71.0 Å². The van der Waals surface area contributed by atoms with E-state index in [0.717, 1.165) is 0 Å². The van der Waals surface area contributed by atoms with E-state index in [0.29, 0.717) is 0 Å². The molecule has 0 aliphatic heterocycles. The Morgan fingerprint density at radius 1 is 1.33 bits per heavy atom. The Morgan fingerprint density at radius 3 is 2.50 bits per heavy atom. The molecule has 8 heteroatoms. The van der Waals surface area contributed by atoms with Crippen LogP contribution in [-0.4, -0.2) is 18.3 Å². The first-order valence-electron chi connectivity index (χ1n) is 2.80. The van der Waals surface area contributed by atoms with E-state index >= 15 is 0 Å². The summed E-state index contributed by atoms with van der Waals surface area (Å²) in [6, 6.07) is 0. The highest BCUT2D eigenvalue weighted by molar-refractivity contribution is 7.33. The number of hydrogen-bond donors (Lipinski definition) is 1. The highest BCUT2D eigenvalue weighted by atomic mass is 31.1. The maximum absolute atomic E-state index is 10.6. The van der Waals surface area contributed by atoms with Gasteiger partial charge in [0.2, 0.25) is 0 Å². The third-order valence-corrected chi connectivity index (χ3v) is 1.62. The lowest BCUT2D eigenvalue weighted by molar-refractivity contribution is 0.103. The average molecular weight is 214 g/mol. The summed E-state index contributed by atoms with van der Waals surface area (Å²) in [4.78, 5) is 8.10. The van der Waals surface area contributed by atoms with E-state index in [1.807, 2.05) is 0 Å². The van der Waals surface area contributed by atoms with Gasteiger partial charge in [0.15, 0.2) is 0 Å². The van der Waals surface area contributed by atoms with Crippen molar-refractivity contribution in [1.82, 2.24) is 0 Å². The number of rotatable bonds is 7. The molecule has 0 aromatic rings. The Hall–Kier alpha value is -0.220. The van der Waals surface area contributed by atoms with Crippen LogP contribution in [0.15, 0.2) is 12.7 Å². The molecule has 0 aliphatic carbocycles. The van der Waals surface area contributed by atoms with Crippen LogP contribution < -0.4 is 0 Å². The van der Waals surface area contributed by atoms with Gasteiger partial charge in [-0.3, -0.25) is 0 Å². The molecule has 1 N–H and O–H groups in total. The molecule has 0 radical (unpaired) electrons. The van der Waals surface area contributed by atoms with Crippen molar-refractivity contribution in [2.24, 2.45) is 0 Å². The average Bonchev–Trinajstić information content (AvgIpc) is 2.00. The Balaban J connectivity index is 3.31. The summed E-state index contributed by atoms with van der Waals surface area (Å²) in [5.41, 5.74) is 0. The van der Waals surface area contributed by atoms with Crippen LogP contribution in [0, 0.1) is 0 Å². The van der Waals surface area contributed by atoms with Gasteiger partial charge in [0.1, 0.15) is 6.61 Å². The maximum Gasteiger partial charge on any atom is 0.700 e. The molecule has 0 saturated carbocycles. The van der Waals surface area contributed by atoms with Crippen molar-refractivity contribution in [2.45, 2.75) is 0 Å². The molecule has 0 fully saturated rings. The van der Waals surface area contributed by atoms with Crippen molar-refractivity contribution in [1.29, 1.82) is 0 Å². The topological polar surface area (TPSA) is 82.1 Å². The summed E-state index contributed by atoms with van der Waals surface area (Å²) in [7, 11) is -5.03. The molecule has 0 heterocycles. The van der Waals surface area contributed by atoms with Gasteiger partial charge in [-0.2, -0.15) is 0 Å². The van der Waals surface area contributed by atoms with Gasteiger partial charge in [-0.05, 0) is 0 Å². The molecule has 2 atom stereocenters. The van der Waals surface area contributed by atoms with Crippen LogP contribution in [0.25, 0.3) is 0 Å². The number of hydrogen-bond acceptors (Lipinski definition) is 5. The van der Waals surface area contributed by atoms with Crippen molar-refractivity contribution in [3.8, 4) is 0 Å². The second-order valence-corrected chi connectivity index (χ2v) is 3.12. The van der Waals surface area contributed by atoms with Crippen LogP contribution in [0.5, 0.6) is 0 Å². The van der Waals surface area contributed by atoms with Crippen molar-refractivity contribution in [3.05, 3.63) is 12.7 Å². The first kappa shape index (κ1) is 11.8. The Morgan fingerprint density at radius 2 is 2.00 bits per heavy atom. The highest BCUT2D eigenvalue weighted by Crippen LogP contribution is 2.25. The standard InChI is InChI=1S/C4H7O6P2/c1-2-3-8-12(7)10-4-9-11(5)6/h2H,1,3-4H2/q+1/p+1. The molecule has 0 amide bonds. The van der Waals surface area contributed by atoms with Gasteiger partial charge < -0.3 is 0 Å². The predicted octanol–water partition coefficient (Wildman–Crippen LogP) is 1.49. The lowest BCUT2D eigenvalue weighted by atomic mass is 10.7. The zero-order valence-corrected chi connectivity index (χ0v) is 7.87. The molecule has 0 spiro atoms. The van der Waals surface area contributed by atoms with E-state index in [1.165, 1.54) is 6.08 Å². The summed E-state index contributed by atoms with van der Waals surface area (Å²) >= 11 is 0. The molecule has 68 valence electrons. The molecule has 0 bridgehead atoms. The zero-order chi connectivity index (χ0) is 9.40. The predicted molar refractivity (Wildman–Crippen MR) is 40.6 cm³/mol. The van der Waals surface area contributed by atoms with Gasteiger partial charge in [0, 0.05) is 9.13 Å². The van der Waals surface area contributed by atoms with Crippen molar-refractivity contribution >= 4 is 16.5 Å². The van der Waals surface area contributed by atoms with Crippen LogP contribution >= 0.6 is 16.5 Å². The maximum atomic E-state index is 10.6. The van der Waals surface area contributed by atoms with Crippen LogP contribution in [0.1, 0.15) is 0 Å². The van der Waals surface area contributed by atoms with Crippen LogP contribution in [0.3, 0.4) is 0 Å². The first-order chi connectivity index (χ1) is 5.66. The highest BCUT2D eigenvalue weighted by Gasteiger charge is 2.23. The van der Waals surface area contributed by atoms with Gasteiger partial charge in [-0.25, -0.2) is 0 Å². The summed E-state index contributed by atoms with van der Waals surface area (Å²) in [6.45, 7) is 2.85. The van der Waals surface area contributed by atoms with Gasteiger partial charge in [-0.15, -0.1) is 16.0 Å². The fourth-order valence-corrected chi connectivity index (χ4v) is 0.929. The second kappa shape index (κ2) is 7.43. The minimum Gasteiger partial charge on any atom is -0.133 e. The molecular formula is C4H8O6P2+2. The quantitative estimate of drug-likeness (QED) is 0.392. The normalized spacial score (nSPS) is 12.4. The van der Waals surface area contributed by atoms with Gasteiger partial charge >= 0.3 is 16.5 Å². The van der Waals surface area contributed by atoms with E-state index in [2.05, 4.69) is 20.2 Å². The van der Waals surface area contributed by atoms with Gasteiger partial charge in [0.05, 0.1) is 0 Å². The Kier molecular flexibility index (Phi) is 7.29. The molecule has 0 saturated heterocycles. The fourth-order valence-electron chi connectivity index (χ4n) is 0.263. The molecule has 0 aromatic carbocycles. The SMILES string of the molecule is C=CCO[P+](=O)OCO[P+](=O)O. The van der Waals surface area contributed by atoms with Crippen molar-refractivity contribution in [2.75, 3.05) is 13.4 Å². The van der Waals surface area contributed by atoms with E-state index in [4.69, 9.17) is 4.89 Å². The van der Waals surface area contributed by atoms with Crippen LogP contribution in [0.2, 0.25) is 0 Å². The second-order valence-electron chi connectivity index (χ2n) is 1.42. The van der Waals surface area contributed by atoms with Crippen LogP contribution in [-0.2, 0) is 22.7 Å². The summed E-state index contributed by atoms with van der Waals surface area (Å²) in [6.07, 6.45) is 1.39. The van der Waals surface area contributed by atoms with Crippen molar-refractivity contribution in [3.63, 3.8) is 0 Å². The van der Waals surface area contributed by atoms with E-state index in [9.17, 15) is 9.13 Å². The molecule has 2 unspecified atom stereocenters. The molecule has 0 aromatic heterocycles. The molecular weight excluding hydrogens is 206 g/mol. The molecule has 6 nitrogen and oxygen atoms in total. The van der Waals surface area contributed by atoms with Gasteiger partial charge in [-0.1, -0.05) is 15.1 Å². The summed E-state index contributed by atoms with van der Waals surface area (Å²) in [5.74, 6) is 0. The molecule has 0 aliphatic rings. The van der Waals surface area contributed by atoms with E-state index in [1.54, 1.807) is 0 Å². The summed E-state index contributed by atoms with van der Waals surface area (Å²) < 4.78 is 33.3. The monoisotopic (exact) mass is 214 g/mol. The Bertz CT molecular complexity index is 180. The largest absolute Gasteiger partial charge is 0.700 e. The third-order valence-electron chi connectivity index (χ3n) is 0.619. The van der Waals surface area contributed by atoms with Crippen LogP contribution in [0.4, 0.5) is 0 Å². The molecule has 12 heavy (non-hydrogen) atoms. The molecule has 0 rings (SSSR count). The summed E-state index contributed by atoms with van der Waals surface area (Å²) in [5, 5.41) is 0. The van der Waals surface area contributed by atoms with Gasteiger partial charge in [0.25, 0.3) is 6.79 Å². The first-order valence-corrected chi connectivity index (χ1v) is 5.02.